The van der Waals surface area contributed by atoms with Crippen LogP contribution in [0.3, 0.4) is 0 Å². The molecule has 0 saturated heterocycles. The minimum atomic E-state index is -3.75. The van der Waals surface area contributed by atoms with Crippen molar-refractivity contribution in [1.29, 1.82) is 0 Å². The number of hydrogen-bond donors (Lipinski definition) is 1. The van der Waals surface area contributed by atoms with Gasteiger partial charge in [0.05, 0.1) is 9.82 Å². The fourth-order valence-electron chi connectivity index (χ4n) is 2.20. The molecule has 1 aliphatic carbocycles. The quantitative estimate of drug-likeness (QED) is 0.676. The number of nitro benzene ring substituents is 1. The summed E-state index contributed by atoms with van der Waals surface area (Å²) in [5, 5.41) is 10.6. The highest BCUT2D eigenvalue weighted by atomic mass is 32.2. The van der Waals surface area contributed by atoms with Gasteiger partial charge in [0.25, 0.3) is 15.7 Å². The summed E-state index contributed by atoms with van der Waals surface area (Å²) in [4.78, 5) is 10.0. The molecule has 1 aliphatic rings. The Morgan fingerprint density at radius 2 is 1.59 bits per heavy atom. The Kier molecular flexibility index (Phi) is 3.58. The standard InChI is InChI=1S/C15H14N2O4S/c18-17(19)14-7-9-15(10-8-14)22(20,21)16-13-5-3-12(4-6-13)11-1-2-11/h3-11,16H,1-2H2. The summed E-state index contributed by atoms with van der Waals surface area (Å²) in [6.07, 6.45) is 2.38. The van der Waals surface area contributed by atoms with E-state index < -0.39 is 14.9 Å². The molecule has 1 saturated carbocycles. The van der Waals surface area contributed by atoms with E-state index in [-0.39, 0.29) is 10.6 Å². The maximum atomic E-state index is 12.2. The monoisotopic (exact) mass is 318 g/mol. The SMILES string of the molecule is O=[N+]([O-])c1ccc(S(=O)(=O)Nc2ccc(C3CC3)cc2)cc1. The van der Waals surface area contributed by atoms with E-state index in [0.29, 0.717) is 11.6 Å². The summed E-state index contributed by atoms with van der Waals surface area (Å²) in [6, 6.07) is 12.1. The van der Waals surface area contributed by atoms with Crippen molar-refractivity contribution in [3.8, 4) is 0 Å². The Morgan fingerprint density at radius 3 is 2.09 bits per heavy atom. The number of benzene rings is 2. The van der Waals surface area contributed by atoms with Crippen molar-refractivity contribution in [1.82, 2.24) is 0 Å². The zero-order valence-corrected chi connectivity index (χ0v) is 12.4. The van der Waals surface area contributed by atoms with Crippen LogP contribution < -0.4 is 4.72 Å². The van der Waals surface area contributed by atoms with Crippen molar-refractivity contribution in [2.45, 2.75) is 23.7 Å². The molecular weight excluding hydrogens is 304 g/mol. The van der Waals surface area contributed by atoms with Crippen molar-refractivity contribution in [3.63, 3.8) is 0 Å². The third kappa shape index (κ3) is 3.09. The summed E-state index contributed by atoms with van der Waals surface area (Å²) in [5.41, 5.74) is 1.55. The van der Waals surface area contributed by atoms with Gasteiger partial charge in [-0.15, -0.1) is 0 Å². The number of nitrogens with one attached hydrogen (secondary N) is 1. The lowest BCUT2D eigenvalue weighted by Crippen LogP contribution is -2.12. The number of non-ortho nitro benzene ring substituents is 1. The van der Waals surface area contributed by atoms with Crippen LogP contribution in [-0.4, -0.2) is 13.3 Å². The van der Waals surface area contributed by atoms with Gasteiger partial charge in [0.1, 0.15) is 0 Å². The Bertz CT molecular complexity index is 794. The number of nitro groups is 1. The van der Waals surface area contributed by atoms with E-state index in [9.17, 15) is 18.5 Å². The molecule has 0 bridgehead atoms. The maximum Gasteiger partial charge on any atom is 0.269 e. The third-order valence-electron chi connectivity index (χ3n) is 3.57. The smallest absolute Gasteiger partial charge is 0.269 e. The highest BCUT2D eigenvalue weighted by Crippen LogP contribution is 2.40. The zero-order chi connectivity index (χ0) is 15.7. The molecule has 2 aromatic carbocycles. The fraction of sp³-hybridized carbons (Fsp3) is 0.200. The lowest BCUT2D eigenvalue weighted by Gasteiger charge is -2.08. The summed E-state index contributed by atoms with van der Waals surface area (Å²) < 4.78 is 26.9. The second kappa shape index (κ2) is 5.42. The van der Waals surface area contributed by atoms with Gasteiger partial charge >= 0.3 is 0 Å². The summed E-state index contributed by atoms with van der Waals surface area (Å²) in [5.74, 6) is 0.611. The normalized spacial score (nSPS) is 14.5. The van der Waals surface area contributed by atoms with Gasteiger partial charge < -0.3 is 0 Å². The lowest BCUT2D eigenvalue weighted by atomic mass is 10.1. The molecule has 0 spiro atoms. The average molecular weight is 318 g/mol. The highest BCUT2D eigenvalue weighted by Gasteiger charge is 2.23. The molecule has 0 aliphatic heterocycles. The molecular formula is C15H14N2O4S. The van der Waals surface area contributed by atoms with Gasteiger partial charge in [0.15, 0.2) is 0 Å². The van der Waals surface area contributed by atoms with E-state index in [1.807, 2.05) is 12.1 Å². The molecule has 0 unspecified atom stereocenters. The van der Waals surface area contributed by atoms with Gasteiger partial charge in [0, 0.05) is 17.8 Å². The van der Waals surface area contributed by atoms with Gasteiger partial charge in [-0.1, -0.05) is 12.1 Å². The van der Waals surface area contributed by atoms with E-state index in [2.05, 4.69) is 4.72 Å². The highest BCUT2D eigenvalue weighted by molar-refractivity contribution is 7.92. The van der Waals surface area contributed by atoms with Crippen molar-refractivity contribution < 1.29 is 13.3 Å². The number of nitrogens with zero attached hydrogens (tertiary/aromatic N) is 1. The number of anilines is 1. The van der Waals surface area contributed by atoms with Crippen LogP contribution in [0.4, 0.5) is 11.4 Å². The van der Waals surface area contributed by atoms with E-state index in [4.69, 9.17) is 0 Å². The molecule has 0 radical (unpaired) electrons. The van der Waals surface area contributed by atoms with Gasteiger partial charge in [-0.3, -0.25) is 14.8 Å². The molecule has 22 heavy (non-hydrogen) atoms. The molecule has 1 fully saturated rings. The van der Waals surface area contributed by atoms with Crippen LogP contribution in [0, 0.1) is 10.1 Å². The predicted octanol–water partition coefficient (Wildman–Crippen LogP) is 3.27. The minimum absolute atomic E-state index is 0.00984. The van der Waals surface area contributed by atoms with Crippen LogP contribution in [-0.2, 0) is 10.0 Å². The Morgan fingerprint density at radius 1 is 1.00 bits per heavy atom. The fourth-order valence-corrected chi connectivity index (χ4v) is 3.26. The third-order valence-corrected chi connectivity index (χ3v) is 4.97. The summed E-state index contributed by atoms with van der Waals surface area (Å²) in [7, 11) is -3.75. The molecule has 2 aromatic rings. The van der Waals surface area contributed by atoms with E-state index in [0.717, 1.165) is 0 Å². The molecule has 0 aromatic heterocycles. The molecule has 3 rings (SSSR count). The van der Waals surface area contributed by atoms with Gasteiger partial charge in [0.2, 0.25) is 0 Å². The Balaban J connectivity index is 1.78. The first-order chi connectivity index (χ1) is 10.5. The molecule has 0 heterocycles. The lowest BCUT2D eigenvalue weighted by molar-refractivity contribution is -0.384. The van der Waals surface area contributed by atoms with Crippen molar-refractivity contribution in [3.05, 3.63) is 64.2 Å². The van der Waals surface area contributed by atoms with Crippen LogP contribution in [0.15, 0.2) is 53.4 Å². The second-order valence-electron chi connectivity index (χ2n) is 5.25. The minimum Gasteiger partial charge on any atom is -0.280 e. The van der Waals surface area contributed by atoms with Crippen LogP contribution >= 0.6 is 0 Å². The molecule has 114 valence electrons. The van der Waals surface area contributed by atoms with Crippen LogP contribution in [0.5, 0.6) is 0 Å². The first kappa shape index (κ1) is 14.5. The molecule has 6 nitrogen and oxygen atoms in total. The van der Waals surface area contributed by atoms with E-state index in [1.54, 1.807) is 12.1 Å². The first-order valence-electron chi connectivity index (χ1n) is 6.83. The second-order valence-corrected chi connectivity index (χ2v) is 6.94. The maximum absolute atomic E-state index is 12.2. The first-order valence-corrected chi connectivity index (χ1v) is 8.31. The average Bonchev–Trinajstić information content (AvgIpc) is 3.32. The van der Waals surface area contributed by atoms with Crippen LogP contribution in [0.25, 0.3) is 0 Å². The van der Waals surface area contributed by atoms with Gasteiger partial charge in [-0.05, 0) is 48.6 Å². The summed E-state index contributed by atoms with van der Waals surface area (Å²) >= 11 is 0. The van der Waals surface area contributed by atoms with Crippen LogP contribution in [0.1, 0.15) is 24.3 Å². The molecule has 1 N–H and O–H groups in total. The number of rotatable bonds is 5. The van der Waals surface area contributed by atoms with E-state index in [1.165, 1.54) is 42.7 Å². The number of hydrogen-bond acceptors (Lipinski definition) is 4. The Labute approximate surface area is 128 Å². The molecule has 0 atom stereocenters. The number of sulfonamides is 1. The van der Waals surface area contributed by atoms with Crippen molar-refractivity contribution in [2.24, 2.45) is 0 Å². The Hall–Kier alpha value is -2.41. The molecule has 7 heteroatoms. The molecule has 0 amide bonds. The van der Waals surface area contributed by atoms with Gasteiger partial charge in [-0.2, -0.15) is 0 Å². The summed E-state index contributed by atoms with van der Waals surface area (Å²) in [6.45, 7) is 0. The topological polar surface area (TPSA) is 89.3 Å². The van der Waals surface area contributed by atoms with Crippen molar-refractivity contribution in [2.75, 3.05) is 4.72 Å². The van der Waals surface area contributed by atoms with Gasteiger partial charge in [-0.25, -0.2) is 8.42 Å². The van der Waals surface area contributed by atoms with Crippen LogP contribution in [0.2, 0.25) is 0 Å². The van der Waals surface area contributed by atoms with Crippen molar-refractivity contribution >= 4 is 21.4 Å². The zero-order valence-electron chi connectivity index (χ0n) is 11.6. The van der Waals surface area contributed by atoms with E-state index >= 15 is 0 Å². The largest absolute Gasteiger partial charge is 0.280 e. The predicted molar refractivity (Wildman–Crippen MR) is 82.3 cm³/mol.